The maximum atomic E-state index is 2.49. The molecule has 2 aliphatic rings. The van der Waals surface area contributed by atoms with Crippen molar-refractivity contribution in [3.05, 3.63) is 162 Å². The number of nitrogens with zero attached hydrogens (tertiary/aromatic N) is 1. The Labute approximate surface area is 293 Å². The number of rotatable bonds is 2. The molecule has 0 radical (unpaired) electrons. The van der Waals surface area contributed by atoms with Gasteiger partial charge in [0.05, 0.1) is 11.0 Å². The molecule has 2 aromatic heterocycles. The second-order valence-corrected chi connectivity index (χ2v) is 15.1. The molecule has 8 aromatic carbocycles. The Morgan fingerprint density at radius 2 is 1.14 bits per heavy atom. The van der Waals surface area contributed by atoms with E-state index in [0.29, 0.717) is 0 Å². The fourth-order valence-corrected chi connectivity index (χ4v) is 10.5. The number of fused-ring (bicyclic) bond motifs is 13. The Hall–Kier alpha value is -5.96. The molecule has 2 heteroatoms. The number of thiophene rings is 1. The van der Waals surface area contributed by atoms with Crippen molar-refractivity contribution in [2.24, 2.45) is 0 Å². The van der Waals surface area contributed by atoms with Crippen LogP contribution in [0.1, 0.15) is 16.7 Å². The van der Waals surface area contributed by atoms with Crippen LogP contribution in [0.4, 0.5) is 0 Å². The Balaban J connectivity index is 1.08. The zero-order valence-corrected chi connectivity index (χ0v) is 28.2. The first-order valence-electron chi connectivity index (χ1n) is 17.5. The van der Waals surface area contributed by atoms with Crippen LogP contribution in [0.2, 0.25) is 0 Å². The lowest BCUT2D eigenvalue weighted by Crippen LogP contribution is -1.94. The third kappa shape index (κ3) is 3.41. The molecule has 10 aromatic rings. The molecule has 0 amide bonds. The van der Waals surface area contributed by atoms with E-state index in [9.17, 15) is 0 Å². The van der Waals surface area contributed by atoms with Crippen LogP contribution in [-0.4, -0.2) is 4.57 Å². The van der Waals surface area contributed by atoms with Crippen molar-refractivity contribution in [1.29, 1.82) is 0 Å². The fourth-order valence-electron chi connectivity index (χ4n) is 9.36. The zero-order valence-electron chi connectivity index (χ0n) is 27.4. The molecular formula is C48H29NS. The van der Waals surface area contributed by atoms with E-state index in [1.54, 1.807) is 0 Å². The highest BCUT2D eigenvalue weighted by Gasteiger charge is 2.25. The summed E-state index contributed by atoms with van der Waals surface area (Å²) < 4.78 is 5.16. The molecule has 1 nitrogen and oxygen atoms in total. The molecule has 232 valence electrons. The van der Waals surface area contributed by atoms with Crippen LogP contribution in [0.15, 0.2) is 146 Å². The number of hydrogen-bond acceptors (Lipinski definition) is 1. The van der Waals surface area contributed by atoms with Gasteiger partial charge >= 0.3 is 0 Å². The summed E-state index contributed by atoms with van der Waals surface area (Å²) in [6, 6.07) is 54.9. The summed E-state index contributed by atoms with van der Waals surface area (Å²) in [5.74, 6) is 0. The van der Waals surface area contributed by atoms with E-state index in [0.717, 1.165) is 6.42 Å². The van der Waals surface area contributed by atoms with Gasteiger partial charge < -0.3 is 4.57 Å². The fraction of sp³-hybridized carbons (Fsp3) is 0.0417. The maximum Gasteiger partial charge on any atom is 0.0544 e. The molecule has 0 saturated heterocycles. The van der Waals surface area contributed by atoms with E-state index in [1.807, 2.05) is 11.3 Å². The third-order valence-electron chi connectivity index (χ3n) is 11.5. The van der Waals surface area contributed by atoms with Gasteiger partial charge in [-0.2, -0.15) is 0 Å². The highest BCUT2D eigenvalue weighted by Crippen LogP contribution is 2.50. The van der Waals surface area contributed by atoms with E-state index in [2.05, 4.69) is 157 Å². The van der Waals surface area contributed by atoms with E-state index in [-0.39, 0.29) is 0 Å². The van der Waals surface area contributed by atoms with E-state index < -0.39 is 0 Å². The zero-order chi connectivity index (χ0) is 32.7. The van der Waals surface area contributed by atoms with Gasteiger partial charge in [0, 0.05) is 36.6 Å². The van der Waals surface area contributed by atoms with Gasteiger partial charge in [-0.05, 0) is 128 Å². The molecule has 0 fully saturated rings. The van der Waals surface area contributed by atoms with Crippen molar-refractivity contribution >= 4 is 64.1 Å². The van der Waals surface area contributed by atoms with Gasteiger partial charge in [-0.25, -0.2) is 0 Å². The molecule has 0 N–H and O–H groups in total. The first-order chi connectivity index (χ1) is 24.7. The van der Waals surface area contributed by atoms with Gasteiger partial charge in [0.25, 0.3) is 0 Å². The molecular weight excluding hydrogens is 623 g/mol. The summed E-state index contributed by atoms with van der Waals surface area (Å²) in [6.45, 7) is 2.28. The minimum absolute atomic E-state index is 0.983. The van der Waals surface area contributed by atoms with Gasteiger partial charge in [-0.15, -0.1) is 11.3 Å². The maximum absolute atomic E-state index is 2.49. The van der Waals surface area contributed by atoms with Gasteiger partial charge in [0.1, 0.15) is 0 Å². The Bertz CT molecular complexity index is 3100. The minimum Gasteiger partial charge on any atom is -0.309 e. The van der Waals surface area contributed by atoms with Crippen LogP contribution in [0.25, 0.3) is 103 Å². The Kier molecular flexibility index (Phi) is 5.17. The van der Waals surface area contributed by atoms with Gasteiger partial charge in [0.2, 0.25) is 0 Å². The van der Waals surface area contributed by atoms with Crippen LogP contribution in [0.5, 0.6) is 0 Å². The Morgan fingerprint density at radius 3 is 2.04 bits per heavy atom. The second kappa shape index (κ2) is 9.59. The predicted molar refractivity (Wildman–Crippen MR) is 214 cm³/mol. The number of aryl methyl sites for hydroxylation is 1. The van der Waals surface area contributed by atoms with Crippen molar-refractivity contribution in [1.82, 2.24) is 4.57 Å². The molecule has 50 heavy (non-hydrogen) atoms. The van der Waals surface area contributed by atoms with Gasteiger partial charge in [-0.1, -0.05) is 103 Å². The largest absolute Gasteiger partial charge is 0.309 e. The summed E-state index contributed by atoms with van der Waals surface area (Å²) in [5, 5.41) is 8.08. The van der Waals surface area contributed by atoms with E-state index in [4.69, 9.17) is 0 Å². The molecule has 0 spiro atoms. The molecule has 12 rings (SSSR count). The first kappa shape index (κ1) is 26.9. The molecule has 0 saturated carbocycles. The summed E-state index contributed by atoms with van der Waals surface area (Å²) in [4.78, 5) is 0. The standard InChI is InChI=1S/C48H29NS/c1-27-23-46-41(26-39(27)34-18-19-37-32-12-5-4-11-31(32)35-14-8-15-36(34)47(35)37)40-25-29(17-22-45(40)50-46)49-43-16-7-6-13-38(43)48-42-24-28-9-2-3-10-30(28)33(42)20-21-44(48)49/h2-23,25-26H,24H2,1H3. The van der Waals surface area contributed by atoms with E-state index >= 15 is 0 Å². The van der Waals surface area contributed by atoms with Crippen LogP contribution in [-0.2, 0) is 6.42 Å². The average Bonchev–Trinajstić information content (AvgIpc) is 3.90. The second-order valence-electron chi connectivity index (χ2n) is 14.1. The predicted octanol–water partition coefficient (Wildman–Crippen LogP) is 13.5. The lowest BCUT2D eigenvalue weighted by molar-refractivity contribution is 1.18. The van der Waals surface area contributed by atoms with E-state index in [1.165, 1.54) is 120 Å². The van der Waals surface area contributed by atoms with Crippen molar-refractivity contribution in [2.45, 2.75) is 13.3 Å². The van der Waals surface area contributed by atoms with Crippen LogP contribution < -0.4 is 0 Å². The molecule has 0 aliphatic heterocycles. The molecule has 2 aliphatic carbocycles. The number of aromatic nitrogens is 1. The van der Waals surface area contributed by atoms with Crippen molar-refractivity contribution < 1.29 is 0 Å². The highest BCUT2D eigenvalue weighted by atomic mass is 32.1. The monoisotopic (exact) mass is 651 g/mol. The molecule has 0 bridgehead atoms. The van der Waals surface area contributed by atoms with Crippen molar-refractivity contribution in [2.75, 3.05) is 0 Å². The third-order valence-corrected chi connectivity index (χ3v) is 12.7. The summed E-state index contributed by atoms with van der Waals surface area (Å²) >= 11 is 1.90. The lowest BCUT2D eigenvalue weighted by Gasteiger charge is -2.13. The highest BCUT2D eigenvalue weighted by molar-refractivity contribution is 7.25. The smallest absolute Gasteiger partial charge is 0.0544 e. The Morgan fingerprint density at radius 1 is 0.440 bits per heavy atom. The summed E-state index contributed by atoms with van der Waals surface area (Å²) in [6.07, 6.45) is 0.983. The van der Waals surface area contributed by atoms with Gasteiger partial charge in [-0.3, -0.25) is 0 Å². The van der Waals surface area contributed by atoms with Crippen LogP contribution in [0.3, 0.4) is 0 Å². The average molecular weight is 652 g/mol. The first-order valence-corrected chi connectivity index (χ1v) is 18.3. The van der Waals surface area contributed by atoms with Crippen LogP contribution in [0, 0.1) is 6.92 Å². The number of benzene rings is 8. The lowest BCUT2D eigenvalue weighted by atomic mass is 9.91. The summed E-state index contributed by atoms with van der Waals surface area (Å²) in [5.41, 5.74) is 18.7. The normalized spacial score (nSPS) is 12.8. The molecule has 2 heterocycles. The van der Waals surface area contributed by atoms with Crippen molar-refractivity contribution in [3.63, 3.8) is 0 Å². The summed E-state index contributed by atoms with van der Waals surface area (Å²) in [7, 11) is 0. The quantitative estimate of drug-likeness (QED) is 0.175. The van der Waals surface area contributed by atoms with Crippen LogP contribution >= 0.6 is 11.3 Å². The number of hydrogen-bond donors (Lipinski definition) is 0. The SMILES string of the molecule is Cc1cc2sc3ccc(-n4c5ccccc5c5c6c(ccc54)-c4ccccc4C6)cc3c2cc1-c1ccc2c3c(cccc13)-c1ccccc1-2. The topological polar surface area (TPSA) is 4.93 Å². The molecule has 0 atom stereocenters. The molecule has 0 unspecified atom stereocenters. The van der Waals surface area contributed by atoms with Crippen molar-refractivity contribution in [3.8, 4) is 50.2 Å². The number of para-hydroxylation sites is 1. The van der Waals surface area contributed by atoms with Gasteiger partial charge in [0.15, 0.2) is 0 Å². The minimum atomic E-state index is 0.983.